The van der Waals surface area contributed by atoms with Gasteiger partial charge in [-0.25, -0.2) is 0 Å². The minimum absolute atomic E-state index is 0.0331. The van der Waals surface area contributed by atoms with Crippen molar-refractivity contribution in [1.82, 2.24) is 4.90 Å². The number of hydrogen-bond donors (Lipinski definition) is 1. The van der Waals surface area contributed by atoms with Crippen molar-refractivity contribution in [3.63, 3.8) is 0 Å². The Kier molecular flexibility index (Phi) is 3.82. The summed E-state index contributed by atoms with van der Waals surface area (Å²) < 4.78 is 0. The molecule has 1 aliphatic rings. The molecule has 1 N–H and O–H groups in total. The molecule has 1 aliphatic heterocycles. The molecule has 2 amide bonds. The highest BCUT2D eigenvalue weighted by atomic mass is 16.4. The molecule has 0 bridgehead atoms. The monoisotopic (exact) mass is 225 g/mol. The minimum Gasteiger partial charge on any atom is -0.481 e. The van der Waals surface area contributed by atoms with Gasteiger partial charge in [0.15, 0.2) is 0 Å². The van der Waals surface area contributed by atoms with E-state index in [0.29, 0.717) is 18.4 Å². The maximum Gasteiger partial charge on any atom is 0.308 e. The van der Waals surface area contributed by atoms with E-state index in [4.69, 9.17) is 5.11 Å². The van der Waals surface area contributed by atoms with Crippen LogP contribution in [0.25, 0.3) is 0 Å². The van der Waals surface area contributed by atoms with Crippen LogP contribution in [0.4, 0.5) is 0 Å². The lowest BCUT2D eigenvalue weighted by atomic mass is 10.0. The van der Waals surface area contributed by atoms with Gasteiger partial charge in [0.1, 0.15) is 0 Å². The molecular formula is C11H15NO4. The fourth-order valence-corrected chi connectivity index (χ4v) is 1.67. The van der Waals surface area contributed by atoms with Gasteiger partial charge in [-0.1, -0.05) is 13.3 Å². The van der Waals surface area contributed by atoms with Crippen LogP contribution >= 0.6 is 0 Å². The molecule has 0 aliphatic carbocycles. The summed E-state index contributed by atoms with van der Waals surface area (Å²) in [6.07, 6.45) is 2.41. The Bertz CT molecular complexity index is 359. The Morgan fingerprint density at radius 3 is 2.50 bits per heavy atom. The van der Waals surface area contributed by atoms with Gasteiger partial charge in [-0.05, 0) is 13.3 Å². The van der Waals surface area contributed by atoms with E-state index in [1.54, 1.807) is 6.92 Å². The summed E-state index contributed by atoms with van der Waals surface area (Å²) in [4.78, 5) is 34.8. The van der Waals surface area contributed by atoms with E-state index in [9.17, 15) is 14.4 Å². The van der Waals surface area contributed by atoms with Crippen LogP contribution in [0.15, 0.2) is 11.6 Å². The van der Waals surface area contributed by atoms with Gasteiger partial charge in [0, 0.05) is 18.2 Å². The predicted molar refractivity (Wildman–Crippen MR) is 56.5 cm³/mol. The largest absolute Gasteiger partial charge is 0.481 e. The van der Waals surface area contributed by atoms with Crippen molar-refractivity contribution in [3.05, 3.63) is 11.6 Å². The van der Waals surface area contributed by atoms with Crippen molar-refractivity contribution in [2.45, 2.75) is 26.7 Å². The van der Waals surface area contributed by atoms with Crippen LogP contribution in [0, 0.1) is 5.92 Å². The Hall–Kier alpha value is -1.65. The number of carbonyl (C=O) groups is 3. The lowest BCUT2D eigenvalue weighted by Gasteiger charge is -2.19. The van der Waals surface area contributed by atoms with Crippen molar-refractivity contribution < 1.29 is 19.5 Å². The average Bonchev–Trinajstić information content (AvgIpc) is 2.43. The van der Waals surface area contributed by atoms with Crippen molar-refractivity contribution in [2.24, 2.45) is 5.92 Å². The molecule has 0 saturated carbocycles. The summed E-state index contributed by atoms with van der Waals surface area (Å²) in [5.74, 6) is -2.43. The number of hydrogen-bond acceptors (Lipinski definition) is 3. The Morgan fingerprint density at radius 2 is 2.12 bits per heavy atom. The standard InChI is InChI=1S/C11H15NO4/c1-3-4-8(11(15)16)6-12-9(13)5-7(2)10(12)14/h5,8H,3-4,6H2,1-2H3,(H,15,16). The second kappa shape index (κ2) is 4.92. The van der Waals surface area contributed by atoms with Crippen molar-refractivity contribution in [3.8, 4) is 0 Å². The molecular weight excluding hydrogens is 210 g/mol. The Labute approximate surface area is 93.7 Å². The fraction of sp³-hybridized carbons (Fsp3) is 0.545. The molecule has 0 spiro atoms. The van der Waals surface area contributed by atoms with Gasteiger partial charge in [-0.15, -0.1) is 0 Å². The highest BCUT2D eigenvalue weighted by Gasteiger charge is 2.32. The van der Waals surface area contributed by atoms with E-state index in [1.165, 1.54) is 6.08 Å². The van der Waals surface area contributed by atoms with Gasteiger partial charge in [-0.2, -0.15) is 0 Å². The second-order valence-electron chi connectivity index (χ2n) is 3.91. The molecule has 0 aromatic heterocycles. The number of aliphatic carboxylic acids is 1. The van der Waals surface area contributed by atoms with Gasteiger partial charge < -0.3 is 5.11 Å². The number of carboxylic acids is 1. The number of nitrogens with zero attached hydrogens (tertiary/aromatic N) is 1. The third kappa shape index (κ3) is 2.48. The zero-order valence-electron chi connectivity index (χ0n) is 9.40. The smallest absolute Gasteiger partial charge is 0.308 e. The first-order valence-electron chi connectivity index (χ1n) is 5.24. The summed E-state index contributed by atoms with van der Waals surface area (Å²) >= 11 is 0. The molecule has 1 rings (SSSR count). The van der Waals surface area contributed by atoms with E-state index in [-0.39, 0.29) is 12.5 Å². The van der Waals surface area contributed by atoms with E-state index in [0.717, 1.165) is 4.90 Å². The normalized spacial score (nSPS) is 17.6. The first-order chi connectivity index (χ1) is 7.47. The molecule has 5 nitrogen and oxygen atoms in total. The van der Waals surface area contributed by atoms with Gasteiger partial charge in [0.2, 0.25) is 0 Å². The predicted octanol–water partition coefficient (Wildman–Crippen LogP) is 0.802. The van der Waals surface area contributed by atoms with Crippen LogP contribution in [0.1, 0.15) is 26.7 Å². The van der Waals surface area contributed by atoms with E-state index in [2.05, 4.69) is 0 Å². The minimum atomic E-state index is -0.966. The van der Waals surface area contributed by atoms with E-state index >= 15 is 0 Å². The van der Waals surface area contributed by atoms with Gasteiger partial charge >= 0.3 is 5.97 Å². The average molecular weight is 225 g/mol. The molecule has 0 aromatic carbocycles. The molecule has 1 heterocycles. The number of imide groups is 1. The summed E-state index contributed by atoms with van der Waals surface area (Å²) in [5, 5.41) is 8.94. The van der Waals surface area contributed by atoms with Gasteiger partial charge in [0.25, 0.3) is 11.8 Å². The highest BCUT2D eigenvalue weighted by molar-refractivity contribution is 6.16. The lowest BCUT2D eigenvalue weighted by molar-refractivity contribution is -0.145. The Morgan fingerprint density at radius 1 is 1.50 bits per heavy atom. The summed E-state index contributed by atoms with van der Waals surface area (Å²) in [5.41, 5.74) is 0.366. The molecule has 16 heavy (non-hydrogen) atoms. The third-order valence-corrected chi connectivity index (χ3v) is 2.58. The molecule has 0 radical (unpaired) electrons. The molecule has 0 saturated heterocycles. The molecule has 0 fully saturated rings. The van der Waals surface area contributed by atoms with Crippen molar-refractivity contribution in [1.29, 1.82) is 0 Å². The van der Waals surface area contributed by atoms with Crippen molar-refractivity contribution in [2.75, 3.05) is 6.54 Å². The molecule has 1 unspecified atom stereocenters. The van der Waals surface area contributed by atoms with Crippen molar-refractivity contribution >= 4 is 17.8 Å². The van der Waals surface area contributed by atoms with Gasteiger partial charge in [0.05, 0.1) is 5.92 Å². The maximum absolute atomic E-state index is 11.5. The molecule has 5 heteroatoms. The number of carboxylic acid groups (broad SMARTS) is 1. The SMILES string of the molecule is CCCC(CN1C(=O)C=C(C)C1=O)C(=O)O. The third-order valence-electron chi connectivity index (χ3n) is 2.58. The highest BCUT2D eigenvalue weighted by Crippen LogP contribution is 2.16. The van der Waals surface area contributed by atoms with Crippen LogP contribution in [0.3, 0.4) is 0 Å². The number of carbonyl (C=O) groups excluding carboxylic acids is 2. The lowest BCUT2D eigenvalue weighted by Crippen LogP contribution is -2.37. The first kappa shape index (κ1) is 12.4. The van der Waals surface area contributed by atoms with Crippen LogP contribution in [-0.2, 0) is 14.4 Å². The van der Waals surface area contributed by atoms with E-state index < -0.39 is 17.8 Å². The summed E-state index contributed by atoms with van der Waals surface area (Å²) in [7, 11) is 0. The van der Waals surface area contributed by atoms with Crippen LogP contribution in [0.2, 0.25) is 0 Å². The quantitative estimate of drug-likeness (QED) is 0.702. The van der Waals surface area contributed by atoms with E-state index in [1.807, 2.05) is 6.92 Å². The van der Waals surface area contributed by atoms with Crippen LogP contribution in [-0.4, -0.2) is 34.3 Å². The number of rotatable bonds is 5. The maximum atomic E-state index is 11.5. The zero-order valence-corrected chi connectivity index (χ0v) is 9.40. The van der Waals surface area contributed by atoms with Gasteiger partial charge in [-0.3, -0.25) is 19.3 Å². The fourth-order valence-electron chi connectivity index (χ4n) is 1.67. The first-order valence-corrected chi connectivity index (χ1v) is 5.24. The second-order valence-corrected chi connectivity index (χ2v) is 3.91. The Balaban J connectivity index is 2.70. The van der Waals surface area contributed by atoms with Crippen LogP contribution < -0.4 is 0 Å². The summed E-state index contributed by atoms with van der Waals surface area (Å²) in [6.45, 7) is 3.39. The summed E-state index contributed by atoms with van der Waals surface area (Å²) in [6, 6.07) is 0. The molecule has 1 atom stereocenters. The van der Waals surface area contributed by atoms with Crippen LogP contribution in [0.5, 0.6) is 0 Å². The topological polar surface area (TPSA) is 74.7 Å². The molecule has 88 valence electrons. The number of amides is 2. The molecule has 0 aromatic rings. The zero-order chi connectivity index (χ0) is 12.3.